The van der Waals surface area contributed by atoms with Gasteiger partial charge in [-0.25, -0.2) is 4.39 Å². The number of hydrogen-bond donors (Lipinski definition) is 1. The molecule has 1 aromatic carbocycles. The van der Waals surface area contributed by atoms with Crippen LogP contribution in [0.2, 0.25) is 0 Å². The molecular formula is C11H14FNO. The van der Waals surface area contributed by atoms with E-state index in [0.29, 0.717) is 6.42 Å². The minimum absolute atomic E-state index is 0.0364. The summed E-state index contributed by atoms with van der Waals surface area (Å²) >= 11 is 0. The van der Waals surface area contributed by atoms with Crippen molar-refractivity contribution < 1.29 is 9.18 Å². The average molecular weight is 195 g/mol. The Balaban J connectivity index is 2.55. The van der Waals surface area contributed by atoms with Gasteiger partial charge in [-0.2, -0.15) is 0 Å². The van der Waals surface area contributed by atoms with Gasteiger partial charge in [-0.05, 0) is 31.0 Å². The summed E-state index contributed by atoms with van der Waals surface area (Å²) in [6.45, 7) is 3.37. The summed E-state index contributed by atoms with van der Waals surface area (Å²) in [5.41, 5.74) is 0.895. The van der Waals surface area contributed by atoms with Crippen LogP contribution in [0.25, 0.3) is 0 Å². The van der Waals surface area contributed by atoms with Gasteiger partial charge in [0.15, 0.2) is 0 Å². The SMILES string of the molecule is CC(=O)NC(C)Cc1cccc(F)c1. The molecule has 0 fully saturated rings. The number of carbonyl (C=O) groups excluding carboxylic acids is 1. The fourth-order valence-corrected chi connectivity index (χ4v) is 1.42. The van der Waals surface area contributed by atoms with Crippen molar-refractivity contribution in [1.29, 1.82) is 0 Å². The van der Waals surface area contributed by atoms with Crippen LogP contribution in [-0.4, -0.2) is 11.9 Å². The van der Waals surface area contributed by atoms with Crippen molar-refractivity contribution in [3.63, 3.8) is 0 Å². The summed E-state index contributed by atoms with van der Waals surface area (Å²) in [6.07, 6.45) is 0.650. The van der Waals surface area contributed by atoms with E-state index in [1.807, 2.05) is 13.0 Å². The highest BCUT2D eigenvalue weighted by Crippen LogP contribution is 2.06. The molecule has 1 unspecified atom stereocenters. The Kier molecular flexibility index (Phi) is 3.63. The highest BCUT2D eigenvalue weighted by molar-refractivity contribution is 5.73. The molecule has 0 aliphatic rings. The molecule has 0 heterocycles. The fourth-order valence-electron chi connectivity index (χ4n) is 1.42. The van der Waals surface area contributed by atoms with Crippen LogP contribution < -0.4 is 5.32 Å². The lowest BCUT2D eigenvalue weighted by molar-refractivity contribution is -0.119. The smallest absolute Gasteiger partial charge is 0.217 e. The first-order chi connectivity index (χ1) is 6.58. The third kappa shape index (κ3) is 3.56. The quantitative estimate of drug-likeness (QED) is 0.784. The van der Waals surface area contributed by atoms with Crippen molar-refractivity contribution in [1.82, 2.24) is 5.32 Å². The summed E-state index contributed by atoms with van der Waals surface area (Å²) in [5.74, 6) is -0.300. The summed E-state index contributed by atoms with van der Waals surface area (Å²) in [5, 5.41) is 2.75. The van der Waals surface area contributed by atoms with Gasteiger partial charge < -0.3 is 5.32 Å². The molecule has 1 N–H and O–H groups in total. The van der Waals surface area contributed by atoms with E-state index in [0.717, 1.165) is 5.56 Å². The third-order valence-electron chi connectivity index (χ3n) is 1.88. The van der Waals surface area contributed by atoms with Crippen LogP contribution in [0.3, 0.4) is 0 Å². The number of amides is 1. The van der Waals surface area contributed by atoms with Crippen LogP contribution in [-0.2, 0) is 11.2 Å². The Morgan fingerprint density at radius 2 is 2.29 bits per heavy atom. The summed E-state index contributed by atoms with van der Waals surface area (Å²) in [4.78, 5) is 10.7. The number of hydrogen-bond acceptors (Lipinski definition) is 1. The maximum absolute atomic E-state index is 12.8. The Hall–Kier alpha value is -1.38. The molecule has 0 saturated heterocycles. The Morgan fingerprint density at radius 3 is 2.86 bits per heavy atom. The molecule has 0 aromatic heterocycles. The highest BCUT2D eigenvalue weighted by atomic mass is 19.1. The van der Waals surface area contributed by atoms with Crippen molar-refractivity contribution in [2.75, 3.05) is 0 Å². The second-order valence-corrected chi connectivity index (χ2v) is 3.44. The summed E-state index contributed by atoms with van der Waals surface area (Å²) in [7, 11) is 0. The van der Waals surface area contributed by atoms with E-state index in [1.165, 1.54) is 19.1 Å². The molecule has 0 aliphatic heterocycles. The number of rotatable bonds is 3. The minimum Gasteiger partial charge on any atom is -0.354 e. The monoisotopic (exact) mass is 195 g/mol. The predicted molar refractivity (Wildman–Crippen MR) is 53.4 cm³/mol. The molecule has 0 radical (unpaired) electrons. The first-order valence-electron chi connectivity index (χ1n) is 4.59. The number of carbonyl (C=O) groups is 1. The van der Waals surface area contributed by atoms with Crippen molar-refractivity contribution >= 4 is 5.91 Å². The van der Waals surface area contributed by atoms with E-state index in [9.17, 15) is 9.18 Å². The van der Waals surface area contributed by atoms with Crippen LogP contribution >= 0.6 is 0 Å². The van der Waals surface area contributed by atoms with E-state index in [-0.39, 0.29) is 17.8 Å². The molecular weight excluding hydrogens is 181 g/mol. The molecule has 0 spiro atoms. The molecule has 14 heavy (non-hydrogen) atoms. The number of nitrogens with one attached hydrogen (secondary N) is 1. The van der Waals surface area contributed by atoms with Crippen molar-refractivity contribution in [3.05, 3.63) is 35.6 Å². The fraction of sp³-hybridized carbons (Fsp3) is 0.364. The van der Waals surface area contributed by atoms with Crippen LogP contribution in [0.15, 0.2) is 24.3 Å². The maximum Gasteiger partial charge on any atom is 0.217 e. The first kappa shape index (κ1) is 10.7. The lowest BCUT2D eigenvalue weighted by Gasteiger charge is -2.11. The lowest BCUT2D eigenvalue weighted by Crippen LogP contribution is -2.32. The molecule has 0 aliphatic carbocycles. The molecule has 1 aromatic rings. The Morgan fingerprint density at radius 1 is 1.57 bits per heavy atom. The topological polar surface area (TPSA) is 29.1 Å². The van der Waals surface area contributed by atoms with Crippen LogP contribution in [0.4, 0.5) is 4.39 Å². The maximum atomic E-state index is 12.8. The van der Waals surface area contributed by atoms with Crippen molar-refractivity contribution in [2.45, 2.75) is 26.3 Å². The molecule has 76 valence electrons. The largest absolute Gasteiger partial charge is 0.354 e. The van der Waals surface area contributed by atoms with Gasteiger partial charge in [0, 0.05) is 13.0 Å². The van der Waals surface area contributed by atoms with E-state index in [4.69, 9.17) is 0 Å². The first-order valence-corrected chi connectivity index (χ1v) is 4.59. The minimum atomic E-state index is -0.238. The average Bonchev–Trinajstić information content (AvgIpc) is 2.01. The highest BCUT2D eigenvalue weighted by Gasteiger charge is 2.04. The van der Waals surface area contributed by atoms with Crippen molar-refractivity contribution in [3.8, 4) is 0 Å². The molecule has 0 bridgehead atoms. The zero-order valence-corrected chi connectivity index (χ0v) is 8.38. The van der Waals surface area contributed by atoms with Crippen molar-refractivity contribution in [2.24, 2.45) is 0 Å². The van der Waals surface area contributed by atoms with E-state index >= 15 is 0 Å². The zero-order valence-electron chi connectivity index (χ0n) is 8.38. The standard InChI is InChI=1S/C11H14FNO/c1-8(13-9(2)14)6-10-4-3-5-11(12)7-10/h3-5,7-8H,6H2,1-2H3,(H,13,14). The van der Waals surface area contributed by atoms with Crippen LogP contribution in [0.5, 0.6) is 0 Å². The number of benzene rings is 1. The van der Waals surface area contributed by atoms with Gasteiger partial charge in [0.2, 0.25) is 5.91 Å². The van der Waals surface area contributed by atoms with Gasteiger partial charge in [0.1, 0.15) is 5.82 Å². The second-order valence-electron chi connectivity index (χ2n) is 3.44. The molecule has 3 heteroatoms. The lowest BCUT2D eigenvalue weighted by atomic mass is 10.1. The third-order valence-corrected chi connectivity index (χ3v) is 1.88. The Bertz CT molecular complexity index is 325. The second kappa shape index (κ2) is 4.74. The predicted octanol–water partition coefficient (Wildman–Crippen LogP) is 1.89. The van der Waals surface area contributed by atoms with Gasteiger partial charge in [-0.15, -0.1) is 0 Å². The van der Waals surface area contributed by atoms with Gasteiger partial charge in [-0.1, -0.05) is 12.1 Å². The van der Waals surface area contributed by atoms with Crippen LogP contribution in [0.1, 0.15) is 19.4 Å². The normalized spacial score (nSPS) is 12.2. The summed E-state index contributed by atoms with van der Waals surface area (Å²) < 4.78 is 12.8. The van der Waals surface area contributed by atoms with E-state index in [2.05, 4.69) is 5.32 Å². The van der Waals surface area contributed by atoms with Gasteiger partial charge >= 0.3 is 0 Å². The molecule has 1 rings (SSSR count). The van der Waals surface area contributed by atoms with Gasteiger partial charge in [-0.3, -0.25) is 4.79 Å². The van der Waals surface area contributed by atoms with Gasteiger partial charge in [0.05, 0.1) is 0 Å². The molecule has 0 saturated carbocycles. The number of halogens is 1. The van der Waals surface area contributed by atoms with Crippen LogP contribution in [0, 0.1) is 5.82 Å². The zero-order chi connectivity index (χ0) is 10.6. The molecule has 2 nitrogen and oxygen atoms in total. The van der Waals surface area contributed by atoms with E-state index in [1.54, 1.807) is 6.07 Å². The van der Waals surface area contributed by atoms with Gasteiger partial charge in [0.25, 0.3) is 0 Å². The Labute approximate surface area is 83.1 Å². The summed E-state index contributed by atoms with van der Waals surface area (Å²) in [6, 6.07) is 6.45. The van der Waals surface area contributed by atoms with E-state index < -0.39 is 0 Å². The molecule has 1 atom stereocenters. The molecule has 1 amide bonds.